The summed E-state index contributed by atoms with van der Waals surface area (Å²) in [5.74, 6) is 0.292. The van der Waals surface area contributed by atoms with Crippen molar-refractivity contribution in [3.63, 3.8) is 0 Å². The molecule has 1 unspecified atom stereocenters. The van der Waals surface area contributed by atoms with Crippen molar-refractivity contribution in [3.8, 4) is 5.75 Å². The van der Waals surface area contributed by atoms with Crippen molar-refractivity contribution in [2.24, 2.45) is 0 Å². The highest BCUT2D eigenvalue weighted by Gasteiger charge is 2.22. The van der Waals surface area contributed by atoms with Crippen LogP contribution in [0.2, 0.25) is 0 Å². The van der Waals surface area contributed by atoms with Crippen LogP contribution in [-0.2, 0) is 0 Å². The zero-order valence-electron chi connectivity index (χ0n) is 10.1. The van der Waals surface area contributed by atoms with Gasteiger partial charge in [-0.2, -0.15) is 0 Å². The number of aliphatic hydroxyl groups is 1. The van der Waals surface area contributed by atoms with E-state index in [4.69, 9.17) is 0 Å². The lowest BCUT2D eigenvalue weighted by Crippen LogP contribution is -2.32. The second-order valence-corrected chi connectivity index (χ2v) is 4.63. The van der Waals surface area contributed by atoms with E-state index < -0.39 is 0 Å². The third-order valence-corrected chi connectivity index (χ3v) is 3.33. The lowest BCUT2D eigenvalue weighted by molar-refractivity contribution is 0.173. The second-order valence-electron chi connectivity index (χ2n) is 4.63. The number of benzene rings is 1. The van der Waals surface area contributed by atoms with Crippen molar-refractivity contribution < 1.29 is 10.2 Å². The topological polar surface area (TPSA) is 55.7 Å². The molecule has 3 N–H and O–H groups in total. The number of hydrogen-bond donors (Lipinski definition) is 3. The van der Waals surface area contributed by atoms with Gasteiger partial charge in [0.25, 0.3) is 0 Å². The van der Waals surface area contributed by atoms with Gasteiger partial charge in [0.05, 0.1) is 6.10 Å². The molecule has 1 fully saturated rings. The van der Waals surface area contributed by atoms with Crippen molar-refractivity contribution in [2.75, 3.05) is 26.7 Å². The summed E-state index contributed by atoms with van der Waals surface area (Å²) in [6.07, 6.45) is 0.693. The van der Waals surface area contributed by atoms with Gasteiger partial charge in [0.2, 0.25) is 0 Å². The van der Waals surface area contributed by atoms with Crippen LogP contribution in [0.25, 0.3) is 0 Å². The molecule has 0 saturated carbocycles. The van der Waals surface area contributed by atoms with Gasteiger partial charge in [0.15, 0.2) is 0 Å². The molecule has 4 heteroatoms. The number of rotatable bonds is 4. The molecule has 0 amide bonds. The van der Waals surface area contributed by atoms with Crippen molar-refractivity contribution in [3.05, 3.63) is 29.8 Å². The second kappa shape index (κ2) is 5.49. The fourth-order valence-electron chi connectivity index (χ4n) is 2.31. The number of β-amino-alcohol motifs (C(OH)–C–C–N with tert-alkyl or cyclic N) is 1. The summed E-state index contributed by atoms with van der Waals surface area (Å²) in [4.78, 5) is 2.26. The lowest BCUT2D eigenvalue weighted by Gasteiger charge is -2.23. The molecule has 1 aliphatic rings. The minimum absolute atomic E-state index is 0.174. The Kier molecular flexibility index (Phi) is 3.99. The molecular weight excluding hydrogens is 216 g/mol. The molecule has 1 aromatic carbocycles. The standard InChI is InChI=1S/C13H20N2O2/c1-14-13(9-15-7-6-12(17)8-15)10-2-4-11(16)5-3-10/h2-5,12-14,16-17H,6-9H2,1H3/t12?,13-/m1/s1. The van der Waals surface area contributed by atoms with Crippen molar-refractivity contribution in [1.29, 1.82) is 0 Å². The highest BCUT2D eigenvalue weighted by Crippen LogP contribution is 2.19. The van der Waals surface area contributed by atoms with Gasteiger partial charge in [0, 0.05) is 25.7 Å². The predicted molar refractivity (Wildman–Crippen MR) is 67.0 cm³/mol. The molecule has 94 valence electrons. The average Bonchev–Trinajstić information content (AvgIpc) is 2.73. The lowest BCUT2D eigenvalue weighted by atomic mass is 10.1. The molecule has 4 nitrogen and oxygen atoms in total. The van der Waals surface area contributed by atoms with Crippen LogP contribution in [0.15, 0.2) is 24.3 Å². The number of aromatic hydroxyl groups is 1. The Balaban J connectivity index is 1.98. The van der Waals surface area contributed by atoms with Gasteiger partial charge in [-0.25, -0.2) is 0 Å². The normalized spacial score (nSPS) is 22.8. The van der Waals surface area contributed by atoms with E-state index in [1.165, 1.54) is 0 Å². The Morgan fingerprint density at radius 3 is 2.65 bits per heavy atom. The van der Waals surface area contributed by atoms with Gasteiger partial charge in [-0.15, -0.1) is 0 Å². The van der Waals surface area contributed by atoms with Gasteiger partial charge in [-0.1, -0.05) is 12.1 Å². The maximum atomic E-state index is 9.50. The number of phenolic OH excluding ortho intramolecular Hbond substituents is 1. The summed E-state index contributed by atoms with van der Waals surface area (Å²) in [7, 11) is 1.93. The first-order chi connectivity index (χ1) is 8.19. The van der Waals surface area contributed by atoms with E-state index in [0.29, 0.717) is 5.75 Å². The maximum Gasteiger partial charge on any atom is 0.115 e. The molecule has 1 aromatic rings. The third kappa shape index (κ3) is 3.19. The summed E-state index contributed by atoms with van der Waals surface area (Å²) in [5, 5.41) is 22.0. The highest BCUT2D eigenvalue weighted by atomic mass is 16.3. The van der Waals surface area contributed by atoms with E-state index in [-0.39, 0.29) is 12.1 Å². The van der Waals surface area contributed by atoms with E-state index in [1.54, 1.807) is 12.1 Å². The van der Waals surface area contributed by atoms with Gasteiger partial charge in [-0.05, 0) is 31.2 Å². The molecular formula is C13H20N2O2. The fraction of sp³-hybridized carbons (Fsp3) is 0.538. The monoisotopic (exact) mass is 236 g/mol. The van der Waals surface area contributed by atoms with Crippen LogP contribution in [0.5, 0.6) is 5.75 Å². The van der Waals surface area contributed by atoms with Crippen LogP contribution in [-0.4, -0.2) is 47.9 Å². The summed E-state index contributed by atoms with van der Waals surface area (Å²) in [5.41, 5.74) is 1.16. The summed E-state index contributed by atoms with van der Waals surface area (Å²) in [6, 6.07) is 7.52. The minimum atomic E-state index is -0.174. The molecule has 0 aromatic heterocycles. The summed E-state index contributed by atoms with van der Waals surface area (Å²) in [6.45, 7) is 2.60. The number of nitrogens with one attached hydrogen (secondary N) is 1. The summed E-state index contributed by atoms with van der Waals surface area (Å²) >= 11 is 0. The first-order valence-corrected chi connectivity index (χ1v) is 6.05. The van der Waals surface area contributed by atoms with E-state index in [0.717, 1.165) is 31.6 Å². The Hall–Kier alpha value is -1.10. The maximum absolute atomic E-state index is 9.50. The highest BCUT2D eigenvalue weighted by molar-refractivity contribution is 5.28. The van der Waals surface area contributed by atoms with Gasteiger partial charge < -0.3 is 15.5 Å². The molecule has 0 spiro atoms. The van der Waals surface area contributed by atoms with Crippen LogP contribution in [0.4, 0.5) is 0 Å². The predicted octanol–water partition coefficient (Wildman–Crippen LogP) is 0.719. The first kappa shape index (κ1) is 12.4. The Morgan fingerprint density at radius 2 is 2.12 bits per heavy atom. The molecule has 1 heterocycles. The average molecular weight is 236 g/mol. The molecule has 0 aliphatic carbocycles. The van der Waals surface area contributed by atoms with Gasteiger partial charge >= 0.3 is 0 Å². The zero-order valence-corrected chi connectivity index (χ0v) is 10.1. The molecule has 1 saturated heterocycles. The van der Waals surface area contributed by atoms with Crippen molar-refractivity contribution >= 4 is 0 Å². The third-order valence-electron chi connectivity index (χ3n) is 3.33. The molecule has 2 atom stereocenters. The number of phenols is 1. The SMILES string of the molecule is CN[C@H](CN1CCC(O)C1)c1ccc(O)cc1. The van der Waals surface area contributed by atoms with Gasteiger partial charge in [-0.3, -0.25) is 4.90 Å². The van der Waals surface area contributed by atoms with Crippen LogP contribution in [0.1, 0.15) is 18.0 Å². The van der Waals surface area contributed by atoms with Crippen LogP contribution < -0.4 is 5.32 Å². The summed E-state index contributed by atoms with van der Waals surface area (Å²) < 4.78 is 0. The van der Waals surface area contributed by atoms with Crippen molar-refractivity contribution in [2.45, 2.75) is 18.6 Å². The molecule has 1 aliphatic heterocycles. The Morgan fingerprint density at radius 1 is 1.41 bits per heavy atom. The number of hydrogen-bond acceptors (Lipinski definition) is 4. The smallest absolute Gasteiger partial charge is 0.115 e. The van der Waals surface area contributed by atoms with Crippen LogP contribution in [0, 0.1) is 0 Å². The zero-order chi connectivity index (χ0) is 12.3. The molecule has 0 bridgehead atoms. The number of nitrogens with zero attached hydrogens (tertiary/aromatic N) is 1. The largest absolute Gasteiger partial charge is 0.508 e. The molecule has 17 heavy (non-hydrogen) atoms. The van der Waals surface area contributed by atoms with E-state index in [1.807, 2.05) is 19.2 Å². The number of likely N-dealkylation sites (N-methyl/N-ethyl adjacent to an activating group) is 1. The van der Waals surface area contributed by atoms with Crippen molar-refractivity contribution in [1.82, 2.24) is 10.2 Å². The van der Waals surface area contributed by atoms with E-state index >= 15 is 0 Å². The Bertz CT molecular complexity index is 353. The van der Waals surface area contributed by atoms with E-state index in [2.05, 4.69) is 10.2 Å². The number of aliphatic hydroxyl groups excluding tert-OH is 1. The van der Waals surface area contributed by atoms with E-state index in [9.17, 15) is 10.2 Å². The quantitative estimate of drug-likeness (QED) is 0.721. The molecule has 0 radical (unpaired) electrons. The minimum Gasteiger partial charge on any atom is -0.508 e. The first-order valence-electron chi connectivity index (χ1n) is 6.05. The van der Waals surface area contributed by atoms with Gasteiger partial charge in [0.1, 0.15) is 5.75 Å². The Labute approximate surface area is 102 Å². The van der Waals surface area contributed by atoms with Crippen LogP contribution >= 0.6 is 0 Å². The number of likely N-dealkylation sites (tertiary alicyclic amines) is 1. The molecule has 2 rings (SSSR count). The van der Waals surface area contributed by atoms with Crippen LogP contribution in [0.3, 0.4) is 0 Å². The fourth-order valence-corrected chi connectivity index (χ4v) is 2.31.